The Labute approximate surface area is 180 Å². The van der Waals surface area contributed by atoms with Gasteiger partial charge in [0.25, 0.3) is 0 Å². The zero-order chi connectivity index (χ0) is 21.3. The number of aromatic amines is 1. The summed E-state index contributed by atoms with van der Waals surface area (Å²) < 4.78 is 37.0. The molecule has 7 heteroatoms. The molecule has 1 aliphatic rings. The van der Waals surface area contributed by atoms with Gasteiger partial charge in [-0.05, 0) is 42.0 Å². The molecule has 0 saturated heterocycles. The van der Waals surface area contributed by atoms with Crippen LogP contribution in [-0.2, 0) is 16.3 Å². The van der Waals surface area contributed by atoms with E-state index in [2.05, 4.69) is 4.98 Å². The Kier molecular flexibility index (Phi) is 5.49. The minimum atomic E-state index is -3.29. The normalized spacial score (nSPS) is 14.1. The second kappa shape index (κ2) is 8.08. The Morgan fingerprint density at radius 3 is 2.37 bits per heavy atom. The average Bonchev–Trinajstić information content (AvgIpc) is 3.13. The number of hydrogen-bond acceptors (Lipinski definition) is 4. The van der Waals surface area contributed by atoms with Crippen molar-refractivity contribution in [2.24, 2.45) is 0 Å². The van der Waals surface area contributed by atoms with Crippen LogP contribution in [0.4, 0.5) is 4.39 Å². The molecule has 0 radical (unpaired) electrons. The Morgan fingerprint density at radius 1 is 1.07 bits per heavy atom. The van der Waals surface area contributed by atoms with Gasteiger partial charge in [-0.15, -0.1) is 0 Å². The number of hydrogen-bond donors (Lipinski definition) is 1. The van der Waals surface area contributed by atoms with Gasteiger partial charge < -0.3 is 4.98 Å². The molecule has 3 aromatic rings. The molecule has 1 aliphatic carbocycles. The molecule has 0 unspecified atom stereocenters. The molecule has 4 rings (SSSR count). The van der Waals surface area contributed by atoms with Crippen molar-refractivity contribution in [1.82, 2.24) is 9.97 Å². The molecule has 4 nitrogen and oxygen atoms in total. The number of H-pyrrole nitrogens is 1. The summed E-state index contributed by atoms with van der Waals surface area (Å²) in [6.07, 6.45) is 8.47. The maximum atomic E-state index is 13.4. The Morgan fingerprint density at radius 2 is 1.73 bits per heavy atom. The van der Waals surface area contributed by atoms with Gasteiger partial charge in [-0.25, -0.2) is 17.8 Å². The number of imidazole rings is 1. The van der Waals surface area contributed by atoms with Gasteiger partial charge in [-0.2, -0.15) is 0 Å². The van der Waals surface area contributed by atoms with Gasteiger partial charge in [0.2, 0.25) is 0 Å². The van der Waals surface area contributed by atoms with Gasteiger partial charge in [0.15, 0.2) is 9.84 Å². The van der Waals surface area contributed by atoms with E-state index in [9.17, 15) is 12.8 Å². The highest BCUT2D eigenvalue weighted by Crippen LogP contribution is 2.32. The first-order valence-corrected chi connectivity index (χ1v) is 11.7. The molecule has 2 aromatic carbocycles. The Bertz CT molecular complexity index is 1270. The van der Waals surface area contributed by atoms with Crippen LogP contribution in [0.2, 0.25) is 0 Å². The van der Waals surface area contributed by atoms with Crippen LogP contribution in [0.1, 0.15) is 12.2 Å². The number of benzene rings is 2. The van der Waals surface area contributed by atoms with Crippen LogP contribution in [0.5, 0.6) is 0 Å². The first-order chi connectivity index (χ1) is 14.3. The molecular weight excluding hydrogens is 419 g/mol. The summed E-state index contributed by atoms with van der Waals surface area (Å²) in [5, 5.41) is 0. The van der Waals surface area contributed by atoms with Crippen molar-refractivity contribution in [2.75, 3.05) is 6.26 Å². The number of halogens is 1. The molecular formula is C23H19FN2O2S2. The highest BCUT2D eigenvalue weighted by atomic mass is 32.2. The van der Waals surface area contributed by atoms with E-state index in [1.807, 2.05) is 18.2 Å². The van der Waals surface area contributed by atoms with Crippen LogP contribution >= 0.6 is 12.2 Å². The smallest absolute Gasteiger partial charge is 0.175 e. The number of allylic oxidation sites excluding steroid dienone is 4. The largest absolute Gasteiger partial charge is 0.341 e. The summed E-state index contributed by atoms with van der Waals surface area (Å²) in [5.74, 6) is 0.419. The molecule has 0 atom stereocenters. The predicted octanol–water partition coefficient (Wildman–Crippen LogP) is 5.09. The third-order valence-electron chi connectivity index (χ3n) is 4.89. The Balaban J connectivity index is 1.78. The van der Waals surface area contributed by atoms with Crippen molar-refractivity contribution >= 4 is 26.9 Å². The molecule has 0 amide bonds. The third kappa shape index (κ3) is 4.32. The molecule has 0 spiro atoms. The molecule has 1 N–H and O–H groups in total. The minimum Gasteiger partial charge on any atom is -0.341 e. The lowest BCUT2D eigenvalue weighted by molar-refractivity contribution is 0.602. The second-order valence-electron chi connectivity index (χ2n) is 7.13. The van der Waals surface area contributed by atoms with Gasteiger partial charge in [0, 0.05) is 35.1 Å². The first kappa shape index (κ1) is 20.4. The van der Waals surface area contributed by atoms with E-state index in [0.717, 1.165) is 39.5 Å². The molecule has 1 aromatic heterocycles. The lowest BCUT2D eigenvalue weighted by atomic mass is 10.0. The molecule has 30 heavy (non-hydrogen) atoms. The number of nitrogens with one attached hydrogen (secondary N) is 1. The minimum absolute atomic E-state index is 0.245. The van der Waals surface area contributed by atoms with Crippen molar-refractivity contribution in [3.63, 3.8) is 0 Å². The number of aromatic nitrogens is 2. The monoisotopic (exact) mass is 438 g/mol. The summed E-state index contributed by atoms with van der Waals surface area (Å²) >= 11 is 5.46. The molecule has 0 bridgehead atoms. The van der Waals surface area contributed by atoms with Crippen LogP contribution in [0.15, 0.2) is 77.2 Å². The molecule has 152 valence electrons. The van der Waals surface area contributed by atoms with E-state index in [-0.39, 0.29) is 10.7 Å². The summed E-state index contributed by atoms with van der Waals surface area (Å²) in [6.45, 7) is 0. The second-order valence-corrected chi connectivity index (χ2v) is 9.64. The summed E-state index contributed by atoms with van der Waals surface area (Å²) in [6, 6.07) is 12.8. The van der Waals surface area contributed by atoms with E-state index >= 15 is 0 Å². The fourth-order valence-corrected chi connectivity index (χ4v) is 4.19. The topological polar surface area (TPSA) is 62.8 Å². The molecule has 1 heterocycles. The van der Waals surface area contributed by atoms with E-state index < -0.39 is 9.84 Å². The highest BCUT2D eigenvalue weighted by molar-refractivity contribution is 7.90. The van der Waals surface area contributed by atoms with Gasteiger partial charge in [0.1, 0.15) is 11.6 Å². The van der Waals surface area contributed by atoms with Crippen LogP contribution in [0.3, 0.4) is 0 Å². The maximum Gasteiger partial charge on any atom is 0.175 e. The fraction of sp³-hybridized carbons (Fsp3) is 0.130. The van der Waals surface area contributed by atoms with Crippen molar-refractivity contribution in [1.29, 1.82) is 0 Å². The average molecular weight is 439 g/mol. The fourth-order valence-electron chi connectivity index (χ4n) is 3.32. The van der Waals surface area contributed by atoms with Crippen LogP contribution in [-0.4, -0.2) is 29.5 Å². The van der Waals surface area contributed by atoms with Crippen molar-refractivity contribution in [2.45, 2.75) is 17.7 Å². The molecule has 0 aliphatic heterocycles. The Hall–Kier alpha value is -2.90. The summed E-state index contributed by atoms with van der Waals surface area (Å²) in [5.41, 5.74) is 4.01. The van der Waals surface area contributed by atoms with Gasteiger partial charge in [-0.1, -0.05) is 42.6 Å². The van der Waals surface area contributed by atoms with E-state index in [0.29, 0.717) is 12.1 Å². The first-order valence-electron chi connectivity index (χ1n) is 9.35. The number of rotatable bonds is 5. The van der Waals surface area contributed by atoms with Gasteiger partial charge in [0.05, 0.1) is 16.3 Å². The van der Waals surface area contributed by atoms with Crippen molar-refractivity contribution < 1.29 is 12.8 Å². The van der Waals surface area contributed by atoms with Gasteiger partial charge in [-0.3, -0.25) is 0 Å². The van der Waals surface area contributed by atoms with Crippen LogP contribution < -0.4 is 0 Å². The summed E-state index contributed by atoms with van der Waals surface area (Å²) in [4.78, 5) is 9.26. The quantitative estimate of drug-likeness (QED) is 0.564. The lowest BCUT2D eigenvalue weighted by Crippen LogP contribution is -2.05. The number of sulfone groups is 1. The van der Waals surface area contributed by atoms with E-state index in [1.54, 1.807) is 36.4 Å². The third-order valence-corrected chi connectivity index (χ3v) is 6.45. The van der Waals surface area contributed by atoms with Gasteiger partial charge >= 0.3 is 0 Å². The SMILES string of the molecule is CS(=O)(=O)c1ccc(-c2nc(CC3=CC=CCC3=S)[nH]c2-c2ccc(F)cc2)cc1. The van der Waals surface area contributed by atoms with E-state index in [4.69, 9.17) is 17.2 Å². The maximum absolute atomic E-state index is 13.4. The number of nitrogens with zero attached hydrogens (tertiary/aromatic N) is 1. The van der Waals surface area contributed by atoms with E-state index in [1.165, 1.54) is 18.4 Å². The lowest BCUT2D eigenvalue weighted by Gasteiger charge is -2.08. The zero-order valence-corrected chi connectivity index (χ0v) is 17.9. The molecule has 0 fully saturated rings. The zero-order valence-electron chi connectivity index (χ0n) is 16.2. The number of thiocarbonyl (C=S) groups is 1. The summed E-state index contributed by atoms with van der Waals surface area (Å²) in [7, 11) is -3.29. The van der Waals surface area contributed by atoms with Crippen LogP contribution in [0.25, 0.3) is 22.5 Å². The standard InChI is InChI=1S/C23H19FN2O2S2/c1-30(27,28)19-12-8-16(9-13-19)23-22(15-6-10-18(24)11-7-15)25-21(26-23)14-17-4-2-3-5-20(17)29/h2-4,6-13H,5,14H2,1H3,(H,25,26). The van der Waals surface area contributed by atoms with Crippen molar-refractivity contribution in [3.05, 3.63) is 84.0 Å². The van der Waals surface area contributed by atoms with Crippen molar-refractivity contribution in [3.8, 4) is 22.5 Å². The molecule has 0 saturated carbocycles. The highest BCUT2D eigenvalue weighted by Gasteiger charge is 2.17. The predicted molar refractivity (Wildman–Crippen MR) is 121 cm³/mol. The van der Waals surface area contributed by atoms with Crippen LogP contribution in [0, 0.1) is 5.82 Å².